The molecule has 132 valence electrons. The fourth-order valence-electron chi connectivity index (χ4n) is 2.95. The average Bonchev–Trinajstić information content (AvgIpc) is 3.21. The summed E-state index contributed by atoms with van der Waals surface area (Å²) in [7, 11) is 0. The van der Waals surface area contributed by atoms with Gasteiger partial charge in [0.25, 0.3) is 5.91 Å². The van der Waals surface area contributed by atoms with E-state index in [0.717, 1.165) is 18.4 Å². The highest BCUT2D eigenvalue weighted by molar-refractivity contribution is 6.04. The Morgan fingerprint density at radius 3 is 2.84 bits per heavy atom. The van der Waals surface area contributed by atoms with Crippen molar-refractivity contribution in [1.82, 2.24) is 15.5 Å². The molecule has 1 aromatic carbocycles. The Hall–Kier alpha value is -2.77. The third kappa shape index (κ3) is 3.38. The highest BCUT2D eigenvalue weighted by atomic mass is 16.7. The summed E-state index contributed by atoms with van der Waals surface area (Å²) in [6.07, 6.45) is 2.58. The molecule has 3 aliphatic rings. The van der Waals surface area contributed by atoms with Crippen LogP contribution in [-0.2, 0) is 16.1 Å². The molecule has 0 spiro atoms. The summed E-state index contributed by atoms with van der Waals surface area (Å²) in [6.45, 7) is 0.332. The number of ether oxygens (including phenoxy) is 2. The minimum atomic E-state index is -0.647. The molecule has 2 fully saturated rings. The van der Waals surface area contributed by atoms with E-state index in [-0.39, 0.29) is 31.6 Å². The van der Waals surface area contributed by atoms with Gasteiger partial charge in [-0.2, -0.15) is 0 Å². The lowest BCUT2D eigenvalue weighted by Gasteiger charge is -2.13. The molecule has 1 saturated carbocycles. The maximum absolute atomic E-state index is 12.5. The van der Waals surface area contributed by atoms with Crippen molar-refractivity contribution in [3.05, 3.63) is 23.8 Å². The first-order valence-electron chi connectivity index (χ1n) is 8.40. The highest BCUT2D eigenvalue weighted by Gasteiger charge is 2.38. The number of hydrogen-bond donors (Lipinski definition) is 2. The third-order valence-electron chi connectivity index (χ3n) is 4.49. The fraction of sp³-hybridized carbons (Fsp3) is 0.471. The van der Waals surface area contributed by atoms with Crippen molar-refractivity contribution in [1.29, 1.82) is 0 Å². The Bertz CT molecular complexity index is 731. The third-order valence-corrected chi connectivity index (χ3v) is 4.49. The van der Waals surface area contributed by atoms with E-state index in [1.807, 2.05) is 0 Å². The van der Waals surface area contributed by atoms with Crippen molar-refractivity contribution in [2.24, 2.45) is 0 Å². The van der Waals surface area contributed by atoms with Crippen LogP contribution in [-0.4, -0.2) is 41.6 Å². The molecule has 4 rings (SSSR count). The van der Waals surface area contributed by atoms with Crippen LogP contribution in [0.3, 0.4) is 0 Å². The van der Waals surface area contributed by atoms with Crippen LogP contribution in [0.15, 0.2) is 18.2 Å². The number of carbonyl (C=O) groups excluding carboxylic acids is 3. The molecule has 0 unspecified atom stereocenters. The predicted octanol–water partition coefficient (Wildman–Crippen LogP) is 0.894. The minimum Gasteiger partial charge on any atom is -0.454 e. The van der Waals surface area contributed by atoms with Gasteiger partial charge in [-0.25, -0.2) is 4.79 Å². The SMILES string of the molecule is O=C(CC[C@H]1NC(=O)N(Cc2ccc3c(c2)OCO3)C1=O)NC1CC1. The lowest BCUT2D eigenvalue weighted by atomic mass is 10.1. The van der Waals surface area contributed by atoms with E-state index < -0.39 is 12.1 Å². The van der Waals surface area contributed by atoms with Crippen molar-refractivity contribution in [3.8, 4) is 11.5 Å². The summed E-state index contributed by atoms with van der Waals surface area (Å²) in [5.41, 5.74) is 0.778. The van der Waals surface area contributed by atoms with Crippen LogP contribution in [0.5, 0.6) is 11.5 Å². The molecule has 2 N–H and O–H groups in total. The van der Waals surface area contributed by atoms with Crippen LogP contribution in [0, 0.1) is 0 Å². The van der Waals surface area contributed by atoms with Gasteiger partial charge in [0.1, 0.15) is 6.04 Å². The zero-order valence-electron chi connectivity index (χ0n) is 13.6. The lowest BCUT2D eigenvalue weighted by molar-refractivity contribution is -0.128. The molecule has 1 aromatic rings. The number of amides is 4. The van der Waals surface area contributed by atoms with Gasteiger partial charge in [0, 0.05) is 12.5 Å². The van der Waals surface area contributed by atoms with E-state index in [4.69, 9.17) is 9.47 Å². The van der Waals surface area contributed by atoms with Gasteiger partial charge in [0.2, 0.25) is 12.7 Å². The number of hydrogen-bond acceptors (Lipinski definition) is 5. The molecule has 2 aliphatic heterocycles. The Labute approximate surface area is 144 Å². The average molecular weight is 345 g/mol. The Kier molecular flexibility index (Phi) is 3.95. The van der Waals surface area contributed by atoms with Crippen LogP contribution in [0.25, 0.3) is 0 Å². The van der Waals surface area contributed by atoms with E-state index in [1.54, 1.807) is 18.2 Å². The predicted molar refractivity (Wildman–Crippen MR) is 85.8 cm³/mol. The van der Waals surface area contributed by atoms with E-state index in [9.17, 15) is 14.4 Å². The molecular weight excluding hydrogens is 326 g/mol. The van der Waals surface area contributed by atoms with Gasteiger partial charge in [-0.1, -0.05) is 6.07 Å². The second kappa shape index (κ2) is 6.27. The number of carbonyl (C=O) groups is 3. The molecule has 1 saturated heterocycles. The maximum atomic E-state index is 12.5. The lowest BCUT2D eigenvalue weighted by Crippen LogP contribution is -2.33. The highest BCUT2D eigenvalue weighted by Crippen LogP contribution is 2.33. The van der Waals surface area contributed by atoms with Gasteiger partial charge >= 0.3 is 6.03 Å². The maximum Gasteiger partial charge on any atom is 0.325 e. The molecule has 2 heterocycles. The van der Waals surface area contributed by atoms with Gasteiger partial charge in [-0.15, -0.1) is 0 Å². The van der Waals surface area contributed by atoms with Crippen LogP contribution in [0.4, 0.5) is 4.79 Å². The van der Waals surface area contributed by atoms with Crippen molar-refractivity contribution in [2.75, 3.05) is 6.79 Å². The van der Waals surface area contributed by atoms with Crippen LogP contribution >= 0.6 is 0 Å². The summed E-state index contributed by atoms with van der Waals surface area (Å²) < 4.78 is 10.6. The minimum absolute atomic E-state index is 0.0706. The fourth-order valence-corrected chi connectivity index (χ4v) is 2.95. The van der Waals surface area contributed by atoms with E-state index >= 15 is 0 Å². The van der Waals surface area contributed by atoms with E-state index in [0.29, 0.717) is 24.0 Å². The number of nitrogens with zero attached hydrogens (tertiary/aromatic N) is 1. The zero-order valence-corrected chi connectivity index (χ0v) is 13.6. The zero-order chi connectivity index (χ0) is 17.4. The Morgan fingerprint density at radius 1 is 1.24 bits per heavy atom. The molecule has 0 bridgehead atoms. The molecule has 8 nitrogen and oxygen atoms in total. The number of benzene rings is 1. The van der Waals surface area contributed by atoms with Gasteiger partial charge < -0.3 is 20.1 Å². The molecule has 1 aliphatic carbocycles. The van der Waals surface area contributed by atoms with Gasteiger partial charge in [0.15, 0.2) is 11.5 Å². The van der Waals surface area contributed by atoms with Gasteiger partial charge in [-0.05, 0) is 37.0 Å². The van der Waals surface area contributed by atoms with Crippen LogP contribution in [0.2, 0.25) is 0 Å². The largest absolute Gasteiger partial charge is 0.454 e. The number of rotatable bonds is 6. The first-order chi connectivity index (χ1) is 12.1. The quantitative estimate of drug-likeness (QED) is 0.747. The summed E-state index contributed by atoms with van der Waals surface area (Å²) in [5.74, 6) is 0.888. The van der Waals surface area contributed by atoms with Crippen molar-refractivity contribution in [3.63, 3.8) is 0 Å². The number of imide groups is 1. The Morgan fingerprint density at radius 2 is 2.04 bits per heavy atom. The van der Waals surface area contributed by atoms with Crippen molar-refractivity contribution < 1.29 is 23.9 Å². The number of urea groups is 1. The molecule has 0 aromatic heterocycles. The van der Waals surface area contributed by atoms with Crippen molar-refractivity contribution >= 4 is 17.8 Å². The summed E-state index contributed by atoms with van der Waals surface area (Å²) in [4.78, 5) is 37.5. The van der Waals surface area contributed by atoms with Crippen LogP contribution in [0.1, 0.15) is 31.2 Å². The molecule has 8 heteroatoms. The second-order valence-corrected chi connectivity index (χ2v) is 6.49. The summed E-state index contributed by atoms with van der Waals surface area (Å²) >= 11 is 0. The first-order valence-corrected chi connectivity index (χ1v) is 8.40. The molecule has 0 radical (unpaired) electrons. The molecule has 1 atom stereocenters. The van der Waals surface area contributed by atoms with Crippen LogP contribution < -0.4 is 20.1 Å². The molecule has 25 heavy (non-hydrogen) atoms. The van der Waals surface area contributed by atoms with Crippen molar-refractivity contribution in [2.45, 2.75) is 44.3 Å². The normalized spacial score (nSPS) is 21.4. The second-order valence-electron chi connectivity index (χ2n) is 6.49. The first kappa shape index (κ1) is 15.7. The van der Waals surface area contributed by atoms with E-state index in [1.165, 1.54) is 4.90 Å². The van der Waals surface area contributed by atoms with Gasteiger partial charge in [0.05, 0.1) is 6.54 Å². The smallest absolute Gasteiger partial charge is 0.325 e. The summed E-state index contributed by atoms with van der Waals surface area (Å²) in [5, 5.41) is 5.53. The monoisotopic (exact) mass is 345 g/mol. The Balaban J connectivity index is 1.35. The number of fused-ring (bicyclic) bond motifs is 1. The standard InChI is InChI=1S/C17H19N3O5/c21-15(18-11-2-3-11)6-4-12-16(22)20(17(23)19-12)8-10-1-5-13-14(7-10)25-9-24-13/h1,5,7,11-12H,2-4,6,8-9H2,(H,18,21)(H,19,23)/t12-/m1/s1. The van der Waals surface area contributed by atoms with Gasteiger partial charge in [-0.3, -0.25) is 14.5 Å². The summed E-state index contributed by atoms with van der Waals surface area (Å²) in [6, 6.07) is 4.53. The topological polar surface area (TPSA) is 97.0 Å². The molecular formula is C17H19N3O5. The van der Waals surface area contributed by atoms with E-state index in [2.05, 4.69) is 10.6 Å². The number of nitrogens with one attached hydrogen (secondary N) is 2. The molecule has 4 amide bonds.